The van der Waals surface area contributed by atoms with Gasteiger partial charge in [0.15, 0.2) is 0 Å². The van der Waals surface area contributed by atoms with E-state index in [1.165, 1.54) is 70.6 Å². The molecule has 1 fully saturated rings. The maximum absolute atomic E-state index is 6.11. The summed E-state index contributed by atoms with van der Waals surface area (Å²) in [6, 6.07) is 0.590. The first kappa shape index (κ1) is 16.0. The van der Waals surface area contributed by atoms with Crippen LogP contribution in [0.5, 0.6) is 0 Å². The summed E-state index contributed by atoms with van der Waals surface area (Å²) >= 11 is 0. The number of rotatable bonds is 9. The van der Waals surface area contributed by atoms with Crippen LogP contribution < -0.4 is 5.32 Å². The molecule has 0 bridgehead atoms. The van der Waals surface area contributed by atoms with E-state index in [1.54, 1.807) is 0 Å². The molecule has 0 aliphatic heterocycles. The second kappa shape index (κ2) is 10.8. The van der Waals surface area contributed by atoms with Crippen molar-refractivity contribution in [2.45, 2.75) is 89.7 Å². The van der Waals surface area contributed by atoms with Crippen molar-refractivity contribution >= 4 is 0 Å². The van der Waals surface area contributed by atoms with Crippen LogP contribution in [0.3, 0.4) is 0 Å². The smallest absolute Gasteiger partial charge is 0.0727 e. The highest BCUT2D eigenvalue weighted by Crippen LogP contribution is 2.20. The van der Waals surface area contributed by atoms with Crippen molar-refractivity contribution < 1.29 is 4.74 Å². The van der Waals surface area contributed by atoms with Gasteiger partial charge in [0.2, 0.25) is 0 Å². The Morgan fingerprint density at radius 1 is 0.944 bits per heavy atom. The van der Waals surface area contributed by atoms with Crippen LogP contribution in [-0.2, 0) is 4.74 Å². The minimum absolute atomic E-state index is 0.466. The SMILES string of the molecule is CCCCCCCCOC1CCCCCC1NC. The minimum atomic E-state index is 0.466. The summed E-state index contributed by atoms with van der Waals surface area (Å²) in [5.41, 5.74) is 0. The van der Waals surface area contributed by atoms with Gasteiger partial charge in [-0.25, -0.2) is 0 Å². The van der Waals surface area contributed by atoms with E-state index >= 15 is 0 Å². The molecule has 0 saturated heterocycles. The molecule has 0 aromatic rings. The molecule has 0 heterocycles. The van der Waals surface area contributed by atoms with Crippen molar-refractivity contribution in [2.75, 3.05) is 13.7 Å². The quantitative estimate of drug-likeness (QED) is 0.490. The molecular weight excluding hydrogens is 222 g/mol. The average molecular weight is 255 g/mol. The van der Waals surface area contributed by atoms with E-state index in [0.717, 1.165) is 6.61 Å². The Kier molecular flexibility index (Phi) is 9.59. The molecule has 1 aliphatic rings. The van der Waals surface area contributed by atoms with E-state index in [2.05, 4.69) is 19.3 Å². The zero-order valence-electron chi connectivity index (χ0n) is 12.5. The molecule has 2 atom stereocenters. The van der Waals surface area contributed by atoms with Gasteiger partial charge in [-0.05, 0) is 26.3 Å². The zero-order chi connectivity index (χ0) is 13.1. The zero-order valence-corrected chi connectivity index (χ0v) is 12.5. The number of likely N-dealkylation sites (N-methyl/N-ethyl adjacent to an activating group) is 1. The van der Waals surface area contributed by atoms with Crippen LogP contribution in [0.2, 0.25) is 0 Å². The molecule has 0 aromatic heterocycles. The molecular formula is C16H33NO. The number of ether oxygens (including phenoxy) is 1. The summed E-state index contributed by atoms with van der Waals surface area (Å²) in [6.07, 6.45) is 15.2. The number of hydrogen-bond donors (Lipinski definition) is 1. The number of hydrogen-bond acceptors (Lipinski definition) is 2. The molecule has 2 unspecified atom stereocenters. The van der Waals surface area contributed by atoms with E-state index in [-0.39, 0.29) is 0 Å². The highest BCUT2D eigenvalue weighted by molar-refractivity contribution is 4.79. The maximum Gasteiger partial charge on any atom is 0.0727 e. The lowest BCUT2D eigenvalue weighted by molar-refractivity contribution is 0.0218. The summed E-state index contributed by atoms with van der Waals surface area (Å²) in [7, 11) is 2.08. The molecule has 0 amide bonds. The van der Waals surface area contributed by atoms with Gasteiger partial charge in [0.05, 0.1) is 6.10 Å². The van der Waals surface area contributed by atoms with Gasteiger partial charge in [-0.2, -0.15) is 0 Å². The monoisotopic (exact) mass is 255 g/mol. The largest absolute Gasteiger partial charge is 0.377 e. The fourth-order valence-electron chi connectivity index (χ4n) is 2.92. The second-order valence-electron chi connectivity index (χ2n) is 5.71. The number of nitrogens with one attached hydrogen (secondary N) is 1. The fourth-order valence-corrected chi connectivity index (χ4v) is 2.92. The topological polar surface area (TPSA) is 21.3 Å². The molecule has 1 saturated carbocycles. The Morgan fingerprint density at radius 2 is 1.67 bits per heavy atom. The molecule has 1 rings (SSSR count). The Bertz CT molecular complexity index is 184. The standard InChI is InChI=1S/C16H33NO/c1-3-4-5-6-7-11-14-18-16-13-10-8-9-12-15(16)17-2/h15-17H,3-14H2,1-2H3. The van der Waals surface area contributed by atoms with Gasteiger partial charge in [-0.1, -0.05) is 58.3 Å². The maximum atomic E-state index is 6.11. The van der Waals surface area contributed by atoms with Gasteiger partial charge in [0.1, 0.15) is 0 Å². The van der Waals surface area contributed by atoms with E-state index < -0.39 is 0 Å². The van der Waals surface area contributed by atoms with E-state index in [1.807, 2.05) is 0 Å². The van der Waals surface area contributed by atoms with Gasteiger partial charge >= 0.3 is 0 Å². The summed E-state index contributed by atoms with van der Waals surface area (Å²) in [5, 5.41) is 3.44. The first-order valence-electron chi connectivity index (χ1n) is 8.17. The summed E-state index contributed by atoms with van der Waals surface area (Å²) in [5.74, 6) is 0. The normalized spacial score (nSPS) is 25.0. The lowest BCUT2D eigenvalue weighted by atomic mass is 10.1. The molecule has 0 aromatic carbocycles. The highest BCUT2D eigenvalue weighted by Gasteiger charge is 2.22. The summed E-state index contributed by atoms with van der Waals surface area (Å²) < 4.78 is 6.11. The van der Waals surface area contributed by atoms with Crippen molar-refractivity contribution in [3.05, 3.63) is 0 Å². The van der Waals surface area contributed by atoms with Gasteiger partial charge in [0, 0.05) is 12.6 Å². The third kappa shape index (κ3) is 6.75. The van der Waals surface area contributed by atoms with E-state index in [0.29, 0.717) is 12.1 Å². The predicted molar refractivity (Wildman–Crippen MR) is 79.0 cm³/mol. The molecule has 2 nitrogen and oxygen atoms in total. The van der Waals surface area contributed by atoms with Crippen LogP contribution in [-0.4, -0.2) is 25.8 Å². The van der Waals surface area contributed by atoms with Crippen molar-refractivity contribution in [1.82, 2.24) is 5.32 Å². The summed E-state index contributed by atoms with van der Waals surface area (Å²) in [6.45, 7) is 3.24. The highest BCUT2D eigenvalue weighted by atomic mass is 16.5. The van der Waals surface area contributed by atoms with Gasteiger partial charge < -0.3 is 10.1 Å². The predicted octanol–water partition coefficient (Wildman–Crippen LogP) is 4.28. The molecule has 108 valence electrons. The van der Waals surface area contributed by atoms with Crippen LogP contribution >= 0.6 is 0 Å². The van der Waals surface area contributed by atoms with Crippen molar-refractivity contribution in [2.24, 2.45) is 0 Å². The molecule has 2 heteroatoms. The van der Waals surface area contributed by atoms with Crippen LogP contribution in [0.15, 0.2) is 0 Å². The lowest BCUT2D eigenvalue weighted by Crippen LogP contribution is -2.38. The fraction of sp³-hybridized carbons (Fsp3) is 1.00. The van der Waals surface area contributed by atoms with Crippen molar-refractivity contribution in [3.8, 4) is 0 Å². The molecule has 1 aliphatic carbocycles. The molecule has 18 heavy (non-hydrogen) atoms. The molecule has 1 N–H and O–H groups in total. The third-order valence-electron chi connectivity index (χ3n) is 4.15. The average Bonchev–Trinajstić information content (AvgIpc) is 2.62. The van der Waals surface area contributed by atoms with Crippen molar-refractivity contribution in [1.29, 1.82) is 0 Å². The Labute approximate surface area is 114 Å². The van der Waals surface area contributed by atoms with Crippen LogP contribution in [0, 0.1) is 0 Å². The second-order valence-corrected chi connectivity index (χ2v) is 5.71. The van der Waals surface area contributed by atoms with E-state index in [9.17, 15) is 0 Å². The van der Waals surface area contributed by atoms with Crippen LogP contribution in [0.4, 0.5) is 0 Å². The Balaban J connectivity index is 2.05. The van der Waals surface area contributed by atoms with Crippen LogP contribution in [0.1, 0.15) is 77.6 Å². The third-order valence-corrected chi connectivity index (χ3v) is 4.15. The first-order valence-corrected chi connectivity index (χ1v) is 8.17. The number of unbranched alkanes of at least 4 members (excludes halogenated alkanes) is 5. The molecule has 0 radical (unpaired) electrons. The first-order chi connectivity index (χ1) is 8.88. The minimum Gasteiger partial charge on any atom is -0.377 e. The van der Waals surface area contributed by atoms with Gasteiger partial charge in [-0.3, -0.25) is 0 Å². The Morgan fingerprint density at radius 3 is 2.44 bits per heavy atom. The van der Waals surface area contributed by atoms with Crippen LogP contribution in [0.25, 0.3) is 0 Å². The van der Waals surface area contributed by atoms with Crippen molar-refractivity contribution in [3.63, 3.8) is 0 Å². The van der Waals surface area contributed by atoms with Gasteiger partial charge in [0.25, 0.3) is 0 Å². The lowest BCUT2D eigenvalue weighted by Gasteiger charge is -2.25. The summed E-state index contributed by atoms with van der Waals surface area (Å²) in [4.78, 5) is 0. The van der Waals surface area contributed by atoms with E-state index in [4.69, 9.17) is 4.74 Å². The van der Waals surface area contributed by atoms with Gasteiger partial charge in [-0.15, -0.1) is 0 Å². The Hall–Kier alpha value is -0.0800. The molecule has 0 spiro atoms.